The highest BCUT2D eigenvalue weighted by atomic mass is 32.1. The van der Waals surface area contributed by atoms with E-state index in [9.17, 15) is 0 Å². The Balaban J connectivity index is 1.64. The van der Waals surface area contributed by atoms with E-state index in [2.05, 4.69) is 22.3 Å². The fraction of sp³-hybridized carbons (Fsp3) is 0.438. The van der Waals surface area contributed by atoms with E-state index in [1.54, 1.807) is 11.3 Å². The zero-order chi connectivity index (χ0) is 15.1. The van der Waals surface area contributed by atoms with E-state index in [1.807, 2.05) is 31.2 Å². The van der Waals surface area contributed by atoms with Gasteiger partial charge in [-0.1, -0.05) is 12.1 Å². The number of benzene rings is 1. The predicted octanol–water partition coefficient (Wildman–Crippen LogP) is 2.81. The summed E-state index contributed by atoms with van der Waals surface area (Å²) in [4.78, 5) is 6.75. The first-order valence-corrected chi connectivity index (χ1v) is 8.06. The van der Waals surface area contributed by atoms with Crippen molar-refractivity contribution in [1.29, 1.82) is 0 Å². The number of aromatic nitrogens is 1. The SMILES string of the molecule is Cc1nc(CN(C)CCCOc2ccc(CN)cc2)cs1. The second kappa shape index (κ2) is 8.12. The average molecular weight is 305 g/mol. The second-order valence-electron chi connectivity index (χ2n) is 5.15. The van der Waals surface area contributed by atoms with Crippen molar-refractivity contribution in [2.45, 2.75) is 26.4 Å². The van der Waals surface area contributed by atoms with Crippen molar-refractivity contribution in [3.8, 4) is 5.75 Å². The number of ether oxygens (including phenoxy) is 1. The van der Waals surface area contributed by atoms with Crippen LogP contribution in [-0.4, -0.2) is 30.1 Å². The lowest BCUT2D eigenvalue weighted by Crippen LogP contribution is -2.21. The third-order valence-corrected chi connectivity index (χ3v) is 4.03. The topological polar surface area (TPSA) is 51.4 Å². The van der Waals surface area contributed by atoms with Crippen LogP contribution >= 0.6 is 11.3 Å². The smallest absolute Gasteiger partial charge is 0.119 e. The molecule has 0 bridgehead atoms. The Hall–Kier alpha value is -1.43. The summed E-state index contributed by atoms with van der Waals surface area (Å²) >= 11 is 1.70. The molecule has 21 heavy (non-hydrogen) atoms. The van der Waals surface area contributed by atoms with E-state index in [0.717, 1.165) is 48.1 Å². The van der Waals surface area contributed by atoms with Gasteiger partial charge in [-0.3, -0.25) is 0 Å². The molecule has 0 aliphatic heterocycles. The third kappa shape index (κ3) is 5.46. The molecule has 0 saturated heterocycles. The van der Waals surface area contributed by atoms with Crippen LogP contribution < -0.4 is 10.5 Å². The first kappa shape index (κ1) is 15.9. The molecule has 1 heterocycles. The van der Waals surface area contributed by atoms with Crippen molar-refractivity contribution in [2.24, 2.45) is 5.73 Å². The molecular formula is C16H23N3OS. The quantitative estimate of drug-likeness (QED) is 0.762. The molecule has 114 valence electrons. The zero-order valence-electron chi connectivity index (χ0n) is 12.7. The van der Waals surface area contributed by atoms with Crippen LogP contribution in [0.5, 0.6) is 5.75 Å². The summed E-state index contributed by atoms with van der Waals surface area (Å²) in [5.41, 5.74) is 7.85. The van der Waals surface area contributed by atoms with Crippen molar-refractivity contribution in [3.05, 3.63) is 45.9 Å². The minimum Gasteiger partial charge on any atom is -0.494 e. The van der Waals surface area contributed by atoms with Gasteiger partial charge in [0.15, 0.2) is 0 Å². The van der Waals surface area contributed by atoms with Crippen LogP contribution in [0.2, 0.25) is 0 Å². The highest BCUT2D eigenvalue weighted by molar-refractivity contribution is 7.09. The standard InChI is InChI=1S/C16H23N3OS/c1-13-18-15(12-21-13)11-19(2)8-3-9-20-16-6-4-14(10-17)5-7-16/h4-7,12H,3,8-11,17H2,1-2H3. The summed E-state index contributed by atoms with van der Waals surface area (Å²) in [6.45, 7) is 5.23. The number of thiazole rings is 1. The summed E-state index contributed by atoms with van der Waals surface area (Å²) in [6, 6.07) is 7.96. The van der Waals surface area contributed by atoms with Gasteiger partial charge >= 0.3 is 0 Å². The van der Waals surface area contributed by atoms with Gasteiger partial charge in [0.1, 0.15) is 5.75 Å². The molecule has 0 unspecified atom stereocenters. The molecule has 0 spiro atoms. The highest BCUT2D eigenvalue weighted by Crippen LogP contribution is 2.12. The molecule has 1 aromatic carbocycles. The zero-order valence-corrected chi connectivity index (χ0v) is 13.5. The van der Waals surface area contributed by atoms with Gasteiger partial charge in [0.25, 0.3) is 0 Å². The van der Waals surface area contributed by atoms with Gasteiger partial charge in [-0.05, 0) is 38.1 Å². The molecule has 0 atom stereocenters. The maximum absolute atomic E-state index is 5.73. The van der Waals surface area contributed by atoms with Crippen LogP contribution in [0.25, 0.3) is 0 Å². The molecule has 0 saturated carbocycles. The molecule has 4 nitrogen and oxygen atoms in total. The molecule has 0 amide bonds. The van der Waals surface area contributed by atoms with Crippen molar-refractivity contribution in [3.63, 3.8) is 0 Å². The Morgan fingerprint density at radius 1 is 1.29 bits per heavy atom. The minimum absolute atomic E-state index is 0.571. The molecule has 1 aromatic heterocycles. The Morgan fingerprint density at radius 3 is 2.67 bits per heavy atom. The summed E-state index contributed by atoms with van der Waals surface area (Å²) in [5.74, 6) is 0.907. The van der Waals surface area contributed by atoms with Crippen LogP contribution in [0, 0.1) is 6.92 Å². The molecule has 0 fully saturated rings. The first-order valence-electron chi connectivity index (χ1n) is 7.18. The van der Waals surface area contributed by atoms with Crippen molar-refractivity contribution >= 4 is 11.3 Å². The summed E-state index contributed by atoms with van der Waals surface area (Å²) in [6.07, 6.45) is 0.998. The molecule has 0 aliphatic carbocycles. The van der Waals surface area contributed by atoms with E-state index < -0.39 is 0 Å². The highest BCUT2D eigenvalue weighted by Gasteiger charge is 2.03. The number of hydrogen-bond acceptors (Lipinski definition) is 5. The van der Waals surface area contributed by atoms with E-state index in [-0.39, 0.29) is 0 Å². The number of nitrogens with two attached hydrogens (primary N) is 1. The van der Waals surface area contributed by atoms with Crippen LogP contribution in [-0.2, 0) is 13.1 Å². The van der Waals surface area contributed by atoms with Gasteiger partial charge in [0, 0.05) is 25.0 Å². The number of hydrogen-bond donors (Lipinski definition) is 1. The first-order chi connectivity index (χ1) is 10.2. The lowest BCUT2D eigenvalue weighted by molar-refractivity contribution is 0.257. The van der Waals surface area contributed by atoms with E-state index in [1.165, 1.54) is 0 Å². The average Bonchev–Trinajstić information content (AvgIpc) is 2.89. The van der Waals surface area contributed by atoms with Gasteiger partial charge < -0.3 is 15.4 Å². The lowest BCUT2D eigenvalue weighted by atomic mass is 10.2. The van der Waals surface area contributed by atoms with Gasteiger partial charge in [0.05, 0.1) is 17.3 Å². The lowest BCUT2D eigenvalue weighted by Gasteiger charge is -2.15. The molecule has 5 heteroatoms. The monoisotopic (exact) mass is 305 g/mol. The maximum Gasteiger partial charge on any atom is 0.119 e. The fourth-order valence-electron chi connectivity index (χ4n) is 2.08. The molecule has 0 aliphatic rings. The molecule has 2 N–H and O–H groups in total. The second-order valence-corrected chi connectivity index (χ2v) is 6.21. The fourth-order valence-corrected chi connectivity index (χ4v) is 2.69. The number of rotatable bonds is 8. The van der Waals surface area contributed by atoms with Crippen molar-refractivity contribution in [2.75, 3.05) is 20.2 Å². The largest absolute Gasteiger partial charge is 0.494 e. The molecule has 2 rings (SSSR count). The normalized spacial score (nSPS) is 11.0. The van der Waals surface area contributed by atoms with Gasteiger partial charge in [-0.15, -0.1) is 11.3 Å². The van der Waals surface area contributed by atoms with E-state index >= 15 is 0 Å². The van der Waals surface area contributed by atoms with Crippen LogP contribution in [0.15, 0.2) is 29.6 Å². The van der Waals surface area contributed by atoms with Crippen LogP contribution in [0.4, 0.5) is 0 Å². The van der Waals surface area contributed by atoms with Gasteiger partial charge in [-0.2, -0.15) is 0 Å². The Bertz CT molecular complexity index is 539. The summed E-state index contributed by atoms with van der Waals surface area (Å²) < 4.78 is 5.73. The summed E-state index contributed by atoms with van der Waals surface area (Å²) in [7, 11) is 2.12. The van der Waals surface area contributed by atoms with E-state index in [0.29, 0.717) is 6.54 Å². The van der Waals surface area contributed by atoms with Crippen LogP contribution in [0.1, 0.15) is 22.7 Å². The van der Waals surface area contributed by atoms with E-state index in [4.69, 9.17) is 10.5 Å². The Labute approximate surface area is 130 Å². The molecule has 0 radical (unpaired) electrons. The number of aryl methyl sites for hydroxylation is 1. The molecule has 2 aromatic rings. The van der Waals surface area contributed by atoms with Crippen molar-refractivity contribution in [1.82, 2.24) is 9.88 Å². The molecular weight excluding hydrogens is 282 g/mol. The number of nitrogens with zero attached hydrogens (tertiary/aromatic N) is 2. The predicted molar refractivity (Wildman–Crippen MR) is 87.6 cm³/mol. The van der Waals surface area contributed by atoms with Crippen molar-refractivity contribution < 1.29 is 4.74 Å². The maximum atomic E-state index is 5.73. The summed E-state index contributed by atoms with van der Waals surface area (Å²) in [5, 5.41) is 3.25. The Morgan fingerprint density at radius 2 is 2.05 bits per heavy atom. The minimum atomic E-state index is 0.571. The van der Waals surface area contributed by atoms with Gasteiger partial charge in [0.2, 0.25) is 0 Å². The third-order valence-electron chi connectivity index (χ3n) is 3.21. The van der Waals surface area contributed by atoms with Crippen LogP contribution in [0.3, 0.4) is 0 Å². The van der Waals surface area contributed by atoms with Gasteiger partial charge in [-0.25, -0.2) is 4.98 Å². The Kier molecular flexibility index (Phi) is 6.17.